The van der Waals surface area contributed by atoms with Crippen molar-refractivity contribution in [3.8, 4) is 0 Å². The Morgan fingerprint density at radius 3 is 2.80 bits per heavy atom. The molecule has 0 bridgehead atoms. The molecular formula is C20H26O5. The van der Waals surface area contributed by atoms with E-state index in [1.165, 1.54) is 0 Å². The van der Waals surface area contributed by atoms with Crippen LogP contribution < -0.4 is 0 Å². The zero-order valence-electron chi connectivity index (χ0n) is 15.5. The van der Waals surface area contributed by atoms with Crippen molar-refractivity contribution >= 4 is 11.9 Å². The lowest BCUT2D eigenvalue weighted by Crippen LogP contribution is -2.38. The minimum absolute atomic E-state index is 0.250. The molecule has 2 aliphatic carbocycles. The van der Waals surface area contributed by atoms with Crippen molar-refractivity contribution in [1.82, 2.24) is 0 Å². The Bertz CT molecular complexity index is 710. The number of carbonyl (C=O) groups excluding carboxylic acids is 2. The van der Waals surface area contributed by atoms with Crippen LogP contribution in [-0.4, -0.2) is 34.9 Å². The summed E-state index contributed by atoms with van der Waals surface area (Å²) in [4.78, 5) is 24.6. The molecule has 1 saturated heterocycles. The maximum absolute atomic E-state index is 12.3. The van der Waals surface area contributed by atoms with Gasteiger partial charge in [-0.1, -0.05) is 24.6 Å². The normalized spacial score (nSPS) is 37.9. The molecule has 25 heavy (non-hydrogen) atoms. The number of hydrogen-bond acceptors (Lipinski definition) is 5. The van der Waals surface area contributed by atoms with Gasteiger partial charge in [0.05, 0.1) is 17.4 Å². The van der Waals surface area contributed by atoms with Crippen LogP contribution in [0.15, 0.2) is 34.4 Å². The third-order valence-corrected chi connectivity index (χ3v) is 5.81. The molecule has 0 aromatic carbocycles. The lowest BCUT2D eigenvalue weighted by atomic mass is 9.83. The van der Waals surface area contributed by atoms with Gasteiger partial charge in [-0.25, -0.2) is 4.79 Å². The van der Waals surface area contributed by atoms with E-state index in [-0.39, 0.29) is 24.2 Å². The lowest BCUT2D eigenvalue weighted by molar-refractivity contribution is -0.151. The second-order valence-electron chi connectivity index (χ2n) is 7.63. The van der Waals surface area contributed by atoms with E-state index in [0.29, 0.717) is 5.57 Å². The molecule has 3 rings (SSSR count). The molecule has 1 N–H and O–H groups in total. The first-order valence-electron chi connectivity index (χ1n) is 8.84. The number of rotatable bonds is 2. The second kappa shape index (κ2) is 6.13. The van der Waals surface area contributed by atoms with E-state index < -0.39 is 23.8 Å². The van der Waals surface area contributed by atoms with Crippen molar-refractivity contribution in [2.24, 2.45) is 11.8 Å². The van der Waals surface area contributed by atoms with Crippen LogP contribution in [0, 0.1) is 11.8 Å². The zero-order valence-corrected chi connectivity index (χ0v) is 15.5. The molecule has 0 radical (unpaired) electrons. The maximum Gasteiger partial charge on any atom is 0.333 e. The molecule has 0 unspecified atom stereocenters. The molecule has 0 spiro atoms. The standard InChI is InChI=1S/C20H26O5/c1-6-10(2)18(21)24-14-9-20(5,23)13-8-7-11(3)15(13)17-16(14)12(4)19(22)25-17/h6,8,12,14,16-17,23H,7,9H2,1-5H3/b10-6-/t12-,14-,16+,17+,20+/m0/s1. The summed E-state index contributed by atoms with van der Waals surface area (Å²) < 4.78 is 11.4. The van der Waals surface area contributed by atoms with Gasteiger partial charge in [-0.05, 0) is 45.3 Å². The Morgan fingerprint density at radius 1 is 1.48 bits per heavy atom. The Kier molecular flexibility index (Phi) is 4.40. The molecule has 5 heteroatoms. The summed E-state index contributed by atoms with van der Waals surface area (Å²) in [5.74, 6) is -1.36. The van der Waals surface area contributed by atoms with Gasteiger partial charge in [-0.15, -0.1) is 0 Å². The SMILES string of the molecule is C/C=C(/C)C(=O)O[C@H]1C[C@@](C)(O)C2=CCC(C)=C2[C@H]2OC(=O)[C@@H](C)[C@H]12. The van der Waals surface area contributed by atoms with Crippen LogP contribution in [0.1, 0.15) is 47.5 Å². The fraction of sp³-hybridized carbons (Fsp3) is 0.600. The lowest BCUT2D eigenvalue weighted by Gasteiger charge is -2.29. The molecule has 1 aliphatic heterocycles. The Hall–Kier alpha value is -1.88. The third kappa shape index (κ3) is 2.84. The number of carbonyl (C=O) groups is 2. The number of fused-ring (bicyclic) bond motifs is 3. The molecule has 1 heterocycles. The maximum atomic E-state index is 12.3. The van der Waals surface area contributed by atoms with Gasteiger partial charge in [-0.2, -0.15) is 0 Å². The first-order chi connectivity index (χ1) is 11.7. The van der Waals surface area contributed by atoms with Crippen molar-refractivity contribution in [3.63, 3.8) is 0 Å². The van der Waals surface area contributed by atoms with Crippen molar-refractivity contribution in [2.75, 3.05) is 0 Å². The highest BCUT2D eigenvalue weighted by Crippen LogP contribution is 2.50. The summed E-state index contributed by atoms with van der Waals surface area (Å²) in [5, 5.41) is 11.1. The van der Waals surface area contributed by atoms with Gasteiger partial charge in [0, 0.05) is 12.0 Å². The summed E-state index contributed by atoms with van der Waals surface area (Å²) >= 11 is 0. The van der Waals surface area contributed by atoms with Gasteiger partial charge in [-0.3, -0.25) is 4.79 Å². The van der Waals surface area contributed by atoms with Gasteiger partial charge >= 0.3 is 11.9 Å². The number of allylic oxidation sites excluding steroid dienone is 3. The number of esters is 2. The van der Waals surface area contributed by atoms with Crippen LogP contribution >= 0.6 is 0 Å². The third-order valence-electron chi connectivity index (χ3n) is 5.81. The molecule has 3 aliphatic rings. The Morgan fingerprint density at radius 2 is 2.16 bits per heavy atom. The summed E-state index contributed by atoms with van der Waals surface area (Å²) in [6.07, 6.45) is 3.64. The van der Waals surface area contributed by atoms with Crippen molar-refractivity contribution in [2.45, 2.75) is 65.3 Å². The molecule has 136 valence electrons. The molecule has 2 fully saturated rings. The first-order valence-corrected chi connectivity index (χ1v) is 8.84. The quantitative estimate of drug-likeness (QED) is 0.615. The molecule has 0 amide bonds. The van der Waals surface area contributed by atoms with E-state index in [2.05, 4.69) is 0 Å². The largest absolute Gasteiger partial charge is 0.458 e. The van der Waals surface area contributed by atoms with E-state index in [9.17, 15) is 14.7 Å². The van der Waals surface area contributed by atoms with E-state index in [1.54, 1.807) is 26.8 Å². The summed E-state index contributed by atoms with van der Waals surface area (Å²) in [7, 11) is 0. The average Bonchev–Trinajstić information content (AvgIpc) is 3.03. The highest BCUT2D eigenvalue weighted by Gasteiger charge is 2.56. The minimum atomic E-state index is -1.13. The Labute approximate surface area is 148 Å². The molecule has 5 nitrogen and oxygen atoms in total. The fourth-order valence-electron chi connectivity index (χ4n) is 4.22. The monoisotopic (exact) mass is 346 g/mol. The number of ether oxygens (including phenoxy) is 2. The highest BCUT2D eigenvalue weighted by molar-refractivity contribution is 5.88. The molecule has 1 saturated carbocycles. The average molecular weight is 346 g/mol. The topological polar surface area (TPSA) is 72.8 Å². The van der Waals surface area contributed by atoms with Gasteiger partial charge in [0.1, 0.15) is 12.2 Å². The second-order valence-corrected chi connectivity index (χ2v) is 7.63. The van der Waals surface area contributed by atoms with E-state index >= 15 is 0 Å². The predicted octanol–water partition coefficient (Wildman–Crippen LogP) is 2.84. The van der Waals surface area contributed by atoms with Gasteiger partial charge < -0.3 is 14.6 Å². The van der Waals surface area contributed by atoms with Crippen molar-refractivity contribution in [3.05, 3.63) is 34.4 Å². The summed E-state index contributed by atoms with van der Waals surface area (Å²) in [6.45, 7) is 9.02. The zero-order chi connectivity index (χ0) is 18.5. The van der Waals surface area contributed by atoms with Crippen LogP contribution in [0.25, 0.3) is 0 Å². The van der Waals surface area contributed by atoms with Crippen LogP contribution in [0.5, 0.6) is 0 Å². The highest BCUT2D eigenvalue weighted by atomic mass is 16.6. The summed E-state index contributed by atoms with van der Waals surface area (Å²) in [5.41, 5.74) is 2.20. The molecular weight excluding hydrogens is 320 g/mol. The molecule has 5 atom stereocenters. The fourth-order valence-corrected chi connectivity index (χ4v) is 4.22. The van der Waals surface area contributed by atoms with Gasteiger partial charge in [0.2, 0.25) is 0 Å². The van der Waals surface area contributed by atoms with Crippen LogP contribution in [0.4, 0.5) is 0 Å². The predicted molar refractivity (Wildman–Crippen MR) is 92.5 cm³/mol. The molecule has 0 aromatic heterocycles. The van der Waals surface area contributed by atoms with E-state index in [0.717, 1.165) is 23.1 Å². The van der Waals surface area contributed by atoms with Crippen molar-refractivity contribution in [1.29, 1.82) is 0 Å². The molecule has 0 aromatic rings. The summed E-state index contributed by atoms with van der Waals surface area (Å²) in [6, 6.07) is 0. The Balaban J connectivity index is 2.04. The van der Waals surface area contributed by atoms with Crippen LogP contribution in [0.2, 0.25) is 0 Å². The minimum Gasteiger partial charge on any atom is -0.458 e. The van der Waals surface area contributed by atoms with Gasteiger partial charge in [0.15, 0.2) is 0 Å². The smallest absolute Gasteiger partial charge is 0.333 e. The number of aliphatic hydroxyl groups is 1. The van der Waals surface area contributed by atoms with E-state index in [1.807, 2.05) is 19.9 Å². The number of hydrogen-bond donors (Lipinski definition) is 1. The van der Waals surface area contributed by atoms with E-state index in [4.69, 9.17) is 9.47 Å². The first kappa shape index (κ1) is 17.9. The van der Waals surface area contributed by atoms with Crippen molar-refractivity contribution < 1.29 is 24.2 Å². The van der Waals surface area contributed by atoms with Gasteiger partial charge in [0.25, 0.3) is 0 Å². The van der Waals surface area contributed by atoms with Crippen LogP contribution in [-0.2, 0) is 19.1 Å². The van der Waals surface area contributed by atoms with Crippen LogP contribution in [0.3, 0.4) is 0 Å².